The quantitative estimate of drug-likeness (QED) is 0.697. The number of fused-ring (bicyclic) bond motifs is 1. The molecule has 1 heterocycles. The lowest BCUT2D eigenvalue weighted by molar-refractivity contribution is 0.555. The maximum atomic E-state index is 13.1. The molecule has 0 radical (unpaired) electrons. The average Bonchev–Trinajstić information content (AvgIpc) is 2.68. The van der Waals surface area contributed by atoms with Gasteiger partial charge in [-0.15, -0.1) is 0 Å². The highest BCUT2D eigenvalue weighted by atomic mass is 19.1. The van der Waals surface area contributed by atoms with Crippen LogP contribution in [0.4, 0.5) is 4.39 Å². The van der Waals surface area contributed by atoms with Crippen molar-refractivity contribution >= 4 is 11.1 Å². The van der Waals surface area contributed by atoms with E-state index in [1.54, 1.807) is 24.3 Å². The molecule has 17 heavy (non-hydrogen) atoms. The Labute approximate surface area is 95.5 Å². The molecule has 3 aromatic rings. The monoisotopic (exact) mass is 229 g/mol. The molecule has 4 heteroatoms. The highest BCUT2D eigenvalue weighted by Gasteiger charge is 2.04. The highest BCUT2D eigenvalue weighted by Crippen LogP contribution is 2.23. The third kappa shape index (κ3) is 1.73. The van der Waals surface area contributed by atoms with Crippen molar-refractivity contribution in [3.63, 3.8) is 0 Å². The van der Waals surface area contributed by atoms with E-state index in [0.29, 0.717) is 11.1 Å². The Bertz CT molecular complexity index is 742. The van der Waals surface area contributed by atoms with E-state index < -0.39 is 5.76 Å². The molecular formula is C13H8FNO2. The summed E-state index contributed by atoms with van der Waals surface area (Å²) in [6.07, 6.45) is 0. The van der Waals surface area contributed by atoms with Crippen molar-refractivity contribution in [2.75, 3.05) is 0 Å². The van der Waals surface area contributed by atoms with Gasteiger partial charge in [0.25, 0.3) is 0 Å². The molecule has 0 amide bonds. The molecule has 84 valence electrons. The largest absolute Gasteiger partial charge is 0.417 e. The van der Waals surface area contributed by atoms with Crippen LogP contribution in [0.3, 0.4) is 0 Å². The van der Waals surface area contributed by atoms with Gasteiger partial charge in [0.2, 0.25) is 0 Å². The number of hydrogen-bond donors (Lipinski definition) is 1. The molecule has 3 rings (SSSR count). The van der Waals surface area contributed by atoms with Crippen molar-refractivity contribution in [3.8, 4) is 11.1 Å². The molecule has 0 aliphatic heterocycles. The third-order valence-corrected chi connectivity index (χ3v) is 2.58. The average molecular weight is 229 g/mol. The zero-order valence-corrected chi connectivity index (χ0v) is 8.74. The lowest BCUT2D eigenvalue weighted by atomic mass is 10.1. The molecule has 0 saturated heterocycles. The minimum absolute atomic E-state index is 0.293. The van der Waals surface area contributed by atoms with E-state index in [1.165, 1.54) is 12.1 Å². The zero-order valence-electron chi connectivity index (χ0n) is 8.74. The van der Waals surface area contributed by atoms with Crippen LogP contribution in [0.15, 0.2) is 51.7 Å². The van der Waals surface area contributed by atoms with Crippen molar-refractivity contribution in [1.82, 2.24) is 4.98 Å². The molecule has 0 aliphatic rings. The number of benzene rings is 2. The van der Waals surface area contributed by atoms with E-state index >= 15 is 0 Å². The summed E-state index contributed by atoms with van der Waals surface area (Å²) in [5, 5.41) is 0. The SMILES string of the molecule is O=c1[nH]c2ccc(-c3cccc(F)c3)cc2o1. The molecular weight excluding hydrogens is 221 g/mol. The number of nitrogens with one attached hydrogen (secondary N) is 1. The van der Waals surface area contributed by atoms with Crippen molar-refractivity contribution in [1.29, 1.82) is 0 Å². The van der Waals surface area contributed by atoms with Crippen LogP contribution >= 0.6 is 0 Å². The third-order valence-electron chi connectivity index (χ3n) is 2.58. The van der Waals surface area contributed by atoms with E-state index in [2.05, 4.69) is 4.98 Å². The fourth-order valence-corrected chi connectivity index (χ4v) is 1.79. The summed E-state index contributed by atoms with van der Waals surface area (Å²) in [5.74, 6) is -0.783. The second-order valence-corrected chi connectivity index (χ2v) is 3.74. The van der Waals surface area contributed by atoms with Gasteiger partial charge in [-0.3, -0.25) is 4.98 Å². The van der Waals surface area contributed by atoms with Crippen LogP contribution in [0.25, 0.3) is 22.2 Å². The van der Waals surface area contributed by atoms with Crippen LogP contribution in [-0.2, 0) is 0 Å². The molecule has 1 aromatic heterocycles. The Morgan fingerprint density at radius 3 is 2.71 bits per heavy atom. The zero-order chi connectivity index (χ0) is 11.8. The Morgan fingerprint density at radius 2 is 1.88 bits per heavy atom. The van der Waals surface area contributed by atoms with E-state index in [0.717, 1.165) is 11.1 Å². The normalized spacial score (nSPS) is 10.9. The molecule has 0 saturated carbocycles. The van der Waals surface area contributed by atoms with Crippen molar-refractivity contribution < 1.29 is 8.81 Å². The van der Waals surface area contributed by atoms with E-state index in [4.69, 9.17) is 4.42 Å². The summed E-state index contributed by atoms with van der Waals surface area (Å²) in [7, 11) is 0. The highest BCUT2D eigenvalue weighted by molar-refractivity contribution is 5.79. The fraction of sp³-hybridized carbons (Fsp3) is 0. The molecule has 1 N–H and O–H groups in total. The molecule has 0 bridgehead atoms. The minimum Gasteiger partial charge on any atom is -0.408 e. The van der Waals surface area contributed by atoms with Gasteiger partial charge in [0.1, 0.15) is 5.82 Å². The molecule has 0 unspecified atom stereocenters. The molecule has 0 fully saturated rings. The summed E-state index contributed by atoms with van der Waals surface area (Å²) in [6.45, 7) is 0. The van der Waals surface area contributed by atoms with E-state index in [9.17, 15) is 9.18 Å². The predicted molar refractivity (Wildman–Crippen MR) is 62.2 cm³/mol. The first-order chi connectivity index (χ1) is 8.22. The van der Waals surface area contributed by atoms with E-state index in [1.807, 2.05) is 6.07 Å². The van der Waals surface area contributed by atoms with Crippen molar-refractivity contribution in [2.24, 2.45) is 0 Å². The Hall–Kier alpha value is -2.36. The maximum Gasteiger partial charge on any atom is 0.417 e. The lowest BCUT2D eigenvalue weighted by Gasteiger charge is -2.00. The number of hydrogen-bond acceptors (Lipinski definition) is 2. The summed E-state index contributed by atoms with van der Waals surface area (Å²) in [4.78, 5) is 13.6. The topological polar surface area (TPSA) is 46.0 Å². The number of aromatic nitrogens is 1. The summed E-state index contributed by atoms with van der Waals surface area (Å²) < 4.78 is 18.0. The maximum absolute atomic E-state index is 13.1. The first-order valence-electron chi connectivity index (χ1n) is 5.11. The number of rotatable bonds is 1. The van der Waals surface area contributed by atoms with Gasteiger partial charge in [-0.25, -0.2) is 9.18 Å². The molecule has 0 aliphatic carbocycles. The summed E-state index contributed by atoms with van der Waals surface area (Å²) >= 11 is 0. The predicted octanol–water partition coefficient (Wildman–Crippen LogP) is 2.93. The van der Waals surface area contributed by atoms with Gasteiger partial charge in [0.15, 0.2) is 5.58 Å². The second kappa shape index (κ2) is 3.59. The second-order valence-electron chi connectivity index (χ2n) is 3.74. The number of halogens is 1. The lowest BCUT2D eigenvalue weighted by Crippen LogP contribution is -1.92. The van der Waals surface area contributed by atoms with Crippen LogP contribution in [0.5, 0.6) is 0 Å². The van der Waals surface area contributed by atoms with Crippen molar-refractivity contribution in [2.45, 2.75) is 0 Å². The Kier molecular flexibility index (Phi) is 2.08. The van der Waals surface area contributed by atoms with Gasteiger partial charge in [0, 0.05) is 0 Å². The number of H-pyrrole nitrogens is 1. The summed E-state index contributed by atoms with van der Waals surface area (Å²) in [6, 6.07) is 11.5. The molecule has 3 nitrogen and oxygen atoms in total. The van der Waals surface area contributed by atoms with Gasteiger partial charge in [-0.05, 0) is 35.4 Å². The standard InChI is InChI=1S/C13H8FNO2/c14-10-3-1-2-8(6-10)9-4-5-11-12(7-9)17-13(16)15-11/h1-7H,(H,15,16). The number of aromatic amines is 1. The first-order valence-corrected chi connectivity index (χ1v) is 5.11. The smallest absolute Gasteiger partial charge is 0.408 e. The fourth-order valence-electron chi connectivity index (χ4n) is 1.79. The Morgan fingerprint density at radius 1 is 1.06 bits per heavy atom. The first kappa shape index (κ1) is 9.84. The Balaban J connectivity index is 2.20. The van der Waals surface area contributed by atoms with Crippen LogP contribution in [0, 0.1) is 5.82 Å². The summed E-state index contributed by atoms with van der Waals surface area (Å²) in [5.41, 5.74) is 2.66. The van der Waals surface area contributed by atoms with Gasteiger partial charge < -0.3 is 4.42 Å². The van der Waals surface area contributed by atoms with Gasteiger partial charge in [-0.1, -0.05) is 18.2 Å². The number of oxazole rings is 1. The van der Waals surface area contributed by atoms with Crippen molar-refractivity contribution in [3.05, 3.63) is 58.8 Å². The van der Waals surface area contributed by atoms with Crippen LogP contribution < -0.4 is 5.76 Å². The van der Waals surface area contributed by atoms with E-state index in [-0.39, 0.29) is 5.82 Å². The molecule has 0 spiro atoms. The van der Waals surface area contributed by atoms with Gasteiger partial charge >= 0.3 is 5.76 Å². The van der Waals surface area contributed by atoms with Crippen LogP contribution in [0.2, 0.25) is 0 Å². The van der Waals surface area contributed by atoms with Crippen LogP contribution in [-0.4, -0.2) is 4.98 Å². The minimum atomic E-state index is -0.489. The van der Waals surface area contributed by atoms with Gasteiger partial charge in [0.05, 0.1) is 5.52 Å². The molecule has 2 aromatic carbocycles. The van der Waals surface area contributed by atoms with Crippen LogP contribution in [0.1, 0.15) is 0 Å². The molecule has 0 atom stereocenters. The van der Waals surface area contributed by atoms with Gasteiger partial charge in [-0.2, -0.15) is 0 Å².